The SMILES string of the molecule is COc1ccc(CN(Cc2ccc(OC)cc2)c2cc(C)c(C(F)(F)F)c(-c3nc(Cl)c4c(N5C[C@@H]6CC[C@@H](C5)N6C(=O)OC(C)(C)C)nc(Cl)nc4c3F)n2)cc1. The highest BCUT2D eigenvalue weighted by molar-refractivity contribution is 6.36. The third-order valence-corrected chi connectivity index (χ3v) is 10.6. The van der Waals surface area contributed by atoms with Gasteiger partial charge in [-0.25, -0.2) is 24.1 Å². The Morgan fingerprint density at radius 2 is 1.40 bits per heavy atom. The van der Waals surface area contributed by atoms with E-state index in [9.17, 15) is 18.0 Å². The first kappa shape index (κ1) is 41.0. The van der Waals surface area contributed by atoms with Gasteiger partial charge in [-0.15, -0.1) is 0 Å². The predicted octanol–water partition coefficient (Wildman–Crippen LogP) is 9.67. The largest absolute Gasteiger partial charge is 0.497 e. The molecule has 3 aromatic heterocycles. The van der Waals surface area contributed by atoms with Crippen LogP contribution in [-0.2, 0) is 24.0 Å². The molecule has 2 atom stereocenters. The van der Waals surface area contributed by atoms with E-state index >= 15 is 4.39 Å². The van der Waals surface area contributed by atoms with Gasteiger partial charge in [0.15, 0.2) is 5.82 Å². The van der Waals surface area contributed by atoms with E-state index in [0.717, 1.165) is 11.1 Å². The standard InChI is InChI=1S/C41H41Cl2F4N7O4/c1-22-17-29(52(18-23-7-13-27(56-5)14-8-23)19-24-9-15-28(57-6)16-10-24)48-34(31(22)41(45,46)47)35-32(44)33-30(36(42)49-35)37(51-38(43)50-33)53-20-25-11-12-26(21-53)54(25)39(55)58-40(2,3)4/h7-10,13-17,25-26H,11-12,18-21H2,1-6H3/t25-,26-/m0/s1. The van der Waals surface area contributed by atoms with E-state index < -0.39 is 46.2 Å². The lowest BCUT2D eigenvalue weighted by Crippen LogP contribution is -2.57. The van der Waals surface area contributed by atoms with E-state index in [2.05, 4.69) is 19.9 Å². The van der Waals surface area contributed by atoms with Crippen LogP contribution in [0.1, 0.15) is 55.9 Å². The number of rotatable bonds is 9. The van der Waals surface area contributed by atoms with Crippen LogP contribution in [0.25, 0.3) is 22.3 Å². The number of pyridine rings is 2. The van der Waals surface area contributed by atoms with Crippen molar-refractivity contribution < 1.29 is 36.6 Å². The second-order valence-electron chi connectivity index (χ2n) is 15.4. The van der Waals surface area contributed by atoms with Gasteiger partial charge in [-0.3, -0.25) is 4.90 Å². The van der Waals surface area contributed by atoms with Gasteiger partial charge in [0.1, 0.15) is 50.8 Å². The highest BCUT2D eigenvalue weighted by Crippen LogP contribution is 2.44. The summed E-state index contributed by atoms with van der Waals surface area (Å²) in [6.45, 7) is 7.69. The molecule has 5 aromatic rings. The van der Waals surface area contributed by atoms with Crippen molar-refractivity contribution in [1.29, 1.82) is 0 Å². The molecule has 2 aliphatic rings. The Kier molecular flexibility index (Phi) is 11.2. The number of piperazine rings is 1. The van der Waals surface area contributed by atoms with Crippen LogP contribution >= 0.6 is 23.2 Å². The summed E-state index contributed by atoms with van der Waals surface area (Å²) < 4.78 is 78.3. The van der Waals surface area contributed by atoms with Gasteiger partial charge in [0.25, 0.3) is 0 Å². The smallest absolute Gasteiger partial charge is 0.418 e. The molecule has 11 nitrogen and oxygen atoms in total. The van der Waals surface area contributed by atoms with Crippen LogP contribution in [0.15, 0.2) is 54.6 Å². The van der Waals surface area contributed by atoms with Crippen molar-refractivity contribution in [1.82, 2.24) is 24.8 Å². The maximum absolute atomic E-state index is 17.0. The van der Waals surface area contributed by atoms with Gasteiger partial charge < -0.3 is 24.0 Å². The number of carbonyl (C=O) groups excluding carboxylic acids is 1. The zero-order valence-electron chi connectivity index (χ0n) is 32.6. The highest BCUT2D eigenvalue weighted by Gasteiger charge is 2.45. The number of ether oxygens (including phenoxy) is 3. The Labute approximate surface area is 342 Å². The molecular weight excluding hydrogens is 801 g/mol. The number of hydrogen-bond acceptors (Lipinski definition) is 10. The maximum atomic E-state index is 17.0. The summed E-state index contributed by atoms with van der Waals surface area (Å²) >= 11 is 13.2. The summed E-state index contributed by atoms with van der Waals surface area (Å²) in [4.78, 5) is 35.8. The molecule has 2 fully saturated rings. The lowest BCUT2D eigenvalue weighted by Gasteiger charge is -2.42. The van der Waals surface area contributed by atoms with E-state index in [4.69, 9.17) is 37.4 Å². The van der Waals surface area contributed by atoms with Crippen LogP contribution in [-0.4, -0.2) is 75.9 Å². The van der Waals surface area contributed by atoms with Crippen LogP contribution in [0, 0.1) is 12.7 Å². The van der Waals surface area contributed by atoms with Crippen molar-refractivity contribution in [3.05, 3.63) is 93.1 Å². The van der Waals surface area contributed by atoms with E-state index in [1.54, 1.807) is 69.1 Å². The quantitative estimate of drug-likeness (QED) is 0.0810. The van der Waals surface area contributed by atoms with E-state index in [-0.39, 0.29) is 71.3 Å². The Hall–Kier alpha value is -5.15. The van der Waals surface area contributed by atoms with Gasteiger partial charge in [0.2, 0.25) is 5.28 Å². The number of aryl methyl sites for hydroxylation is 1. The zero-order valence-corrected chi connectivity index (χ0v) is 34.1. The molecule has 0 aliphatic carbocycles. The molecule has 2 aliphatic heterocycles. The molecule has 58 heavy (non-hydrogen) atoms. The highest BCUT2D eigenvalue weighted by atomic mass is 35.5. The number of amides is 1. The maximum Gasteiger partial charge on any atom is 0.418 e. The number of halogens is 6. The van der Waals surface area contributed by atoms with Crippen LogP contribution < -0.4 is 19.3 Å². The third kappa shape index (κ3) is 8.37. The molecule has 2 saturated heterocycles. The molecule has 1 amide bonds. The van der Waals surface area contributed by atoms with E-state index in [1.165, 1.54) is 13.0 Å². The number of carbonyl (C=O) groups is 1. The van der Waals surface area contributed by atoms with Crippen LogP contribution in [0.2, 0.25) is 10.4 Å². The van der Waals surface area contributed by atoms with Crippen molar-refractivity contribution in [3.8, 4) is 22.9 Å². The van der Waals surface area contributed by atoms with Crippen molar-refractivity contribution in [2.24, 2.45) is 0 Å². The topological polar surface area (TPSA) is 106 Å². The summed E-state index contributed by atoms with van der Waals surface area (Å²) in [5.74, 6) is 0.343. The number of aromatic nitrogens is 4. The molecule has 2 bridgehead atoms. The molecule has 0 unspecified atom stereocenters. The molecule has 17 heteroatoms. The van der Waals surface area contributed by atoms with Gasteiger partial charge in [0.05, 0.1) is 37.3 Å². The summed E-state index contributed by atoms with van der Waals surface area (Å²) in [6.07, 6.45) is -4.01. The molecule has 7 rings (SSSR count). The fraction of sp³-hybridized carbons (Fsp3) is 0.390. The number of benzene rings is 2. The second-order valence-corrected chi connectivity index (χ2v) is 16.0. The predicted molar refractivity (Wildman–Crippen MR) is 213 cm³/mol. The fourth-order valence-corrected chi connectivity index (χ4v) is 8.05. The normalized spacial score (nSPS) is 16.8. The molecule has 0 radical (unpaired) electrons. The minimum absolute atomic E-state index is 0.0282. The van der Waals surface area contributed by atoms with Gasteiger partial charge in [-0.1, -0.05) is 35.9 Å². The summed E-state index contributed by atoms with van der Waals surface area (Å²) in [6, 6.07) is 15.3. The molecule has 0 N–H and O–H groups in total. The van der Waals surface area contributed by atoms with Gasteiger partial charge in [0, 0.05) is 26.2 Å². The minimum Gasteiger partial charge on any atom is -0.497 e. The van der Waals surface area contributed by atoms with Crippen LogP contribution in [0.3, 0.4) is 0 Å². The van der Waals surface area contributed by atoms with Crippen LogP contribution in [0.5, 0.6) is 11.5 Å². The van der Waals surface area contributed by atoms with Crippen molar-refractivity contribution in [2.75, 3.05) is 37.1 Å². The first-order valence-corrected chi connectivity index (χ1v) is 19.3. The number of alkyl halides is 3. The number of hydrogen-bond donors (Lipinski definition) is 0. The summed E-state index contributed by atoms with van der Waals surface area (Å²) in [5, 5.41) is -0.721. The Morgan fingerprint density at radius 1 is 0.845 bits per heavy atom. The first-order valence-electron chi connectivity index (χ1n) is 18.5. The molecule has 5 heterocycles. The summed E-state index contributed by atoms with van der Waals surface area (Å²) in [7, 11) is 3.10. The zero-order chi connectivity index (χ0) is 41.7. The number of fused-ring (bicyclic) bond motifs is 3. The monoisotopic (exact) mass is 841 g/mol. The van der Waals surface area contributed by atoms with Crippen molar-refractivity contribution >= 4 is 51.8 Å². The number of nitrogens with zero attached hydrogens (tertiary/aromatic N) is 7. The molecule has 2 aromatic carbocycles. The molecule has 0 spiro atoms. The number of methoxy groups -OCH3 is 2. The minimum atomic E-state index is -4.96. The lowest BCUT2D eigenvalue weighted by atomic mass is 10.0. The Balaban J connectivity index is 1.32. The van der Waals surface area contributed by atoms with Crippen molar-refractivity contribution in [3.63, 3.8) is 0 Å². The average molecular weight is 843 g/mol. The van der Waals surface area contributed by atoms with Gasteiger partial charge in [-0.05, 0) is 99.2 Å². The van der Waals surface area contributed by atoms with Gasteiger partial charge >= 0.3 is 12.3 Å². The molecular formula is C41H41Cl2F4N7O4. The average Bonchev–Trinajstić information content (AvgIpc) is 3.43. The molecule has 0 saturated carbocycles. The number of anilines is 2. The molecule has 306 valence electrons. The van der Waals surface area contributed by atoms with Gasteiger partial charge in [-0.2, -0.15) is 18.2 Å². The Bertz CT molecular complexity index is 2280. The van der Waals surface area contributed by atoms with Crippen LogP contribution in [0.4, 0.5) is 34.0 Å². The van der Waals surface area contributed by atoms with E-state index in [0.29, 0.717) is 24.3 Å². The second kappa shape index (κ2) is 15.9. The van der Waals surface area contributed by atoms with E-state index in [1.807, 2.05) is 29.2 Å². The Morgan fingerprint density at radius 3 is 1.90 bits per heavy atom. The fourth-order valence-electron chi connectivity index (χ4n) is 7.63. The lowest BCUT2D eigenvalue weighted by molar-refractivity contribution is -0.137. The first-order chi connectivity index (χ1) is 27.4. The summed E-state index contributed by atoms with van der Waals surface area (Å²) in [5.41, 5.74) is -2.39. The third-order valence-electron chi connectivity index (χ3n) is 10.2. The van der Waals surface area contributed by atoms with Crippen molar-refractivity contribution in [2.45, 2.75) is 77.5 Å².